The molecule has 0 N–H and O–H groups in total. The molecule has 0 spiro atoms. The number of halogens is 1. The summed E-state index contributed by atoms with van der Waals surface area (Å²) in [6.07, 6.45) is 1.55. The molecule has 0 aliphatic rings. The monoisotopic (exact) mass is 324 g/mol. The molecule has 0 fully saturated rings. The number of benzene rings is 2. The van der Waals surface area contributed by atoms with Gasteiger partial charge in [-0.05, 0) is 47.2 Å². The van der Waals surface area contributed by atoms with E-state index in [2.05, 4.69) is 27.0 Å². The molecule has 0 unspecified atom stereocenters. The normalized spacial score (nSPS) is 10.2. The van der Waals surface area contributed by atoms with Gasteiger partial charge in [0, 0.05) is 4.47 Å². The Morgan fingerprint density at radius 1 is 0.950 bits per heavy atom. The molecule has 4 heteroatoms. The SMILES string of the molecule is N#Cc1ccc(Oc2ccc3cc(Br)ccc3c2)cn1. The van der Waals surface area contributed by atoms with Gasteiger partial charge in [0.05, 0.1) is 6.20 Å². The second kappa shape index (κ2) is 5.32. The standard InChI is InChI=1S/C16H9BrN2O/c17-13-3-1-12-8-15(5-2-11(12)7-13)20-16-6-4-14(9-18)19-10-16/h1-8,10H. The van der Waals surface area contributed by atoms with Crippen molar-refractivity contribution in [3.63, 3.8) is 0 Å². The van der Waals surface area contributed by atoms with Crippen LogP contribution in [0.2, 0.25) is 0 Å². The predicted molar refractivity (Wildman–Crippen MR) is 80.7 cm³/mol. The summed E-state index contributed by atoms with van der Waals surface area (Å²) in [5.41, 5.74) is 0.376. The molecule has 3 aromatic rings. The van der Waals surface area contributed by atoms with Crippen LogP contribution in [-0.2, 0) is 0 Å². The lowest BCUT2D eigenvalue weighted by Gasteiger charge is -2.06. The Labute approximate surface area is 124 Å². The van der Waals surface area contributed by atoms with Crippen LogP contribution in [0.15, 0.2) is 59.2 Å². The fourth-order valence-electron chi connectivity index (χ4n) is 1.90. The first-order chi connectivity index (χ1) is 9.74. The lowest BCUT2D eigenvalue weighted by Crippen LogP contribution is -1.87. The van der Waals surface area contributed by atoms with E-state index in [0.29, 0.717) is 11.4 Å². The molecule has 3 nitrogen and oxygen atoms in total. The maximum atomic E-state index is 8.70. The summed E-state index contributed by atoms with van der Waals surface area (Å²) in [5.74, 6) is 1.35. The lowest BCUT2D eigenvalue weighted by atomic mass is 10.1. The van der Waals surface area contributed by atoms with Gasteiger partial charge in [0.15, 0.2) is 0 Å². The number of pyridine rings is 1. The first-order valence-corrected chi connectivity index (χ1v) is 6.77. The second-order valence-corrected chi connectivity index (χ2v) is 5.16. The molecule has 0 radical (unpaired) electrons. The molecule has 96 valence electrons. The Bertz CT molecular complexity index is 807. The van der Waals surface area contributed by atoms with Crippen LogP contribution in [0, 0.1) is 11.3 Å². The number of aromatic nitrogens is 1. The van der Waals surface area contributed by atoms with Crippen LogP contribution in [0.4, 0.5) is 0 Å². The van der Waals surface area contributed by atoms with Gasteiger partial charge in [-0.25, -0.2) is 4.98 Å². The van der Waals surface area contributed by atoms with Crippen molar-refractivity contribution >= 4 is 26.7 Å². The summed E-state index contributed by atoms with van der Waals surface area (Å²) < 4.78 is 6.78. The molecule has 0 amide bonds. The third kappa shape index (κ3) is 2.63. The molecule has 2 aromatic carbocycles. The molecule has 1 heterocycles. The molecule has 0 saturated carbocycles. The highest BCUT2D eigenvalue weighted by atomic mass is 79.9. The summed E-state index contributed by atoms with van der Waals surface area (Å²) in [6, 6.07) is 17.3. The first kappa shape index (κ1) is 12.6. The summed E-state index contributed by atoms with van der Waals surface area (Å²) in [5, 5.41) is 10.9. The Morgan fingerprint density at radius 3 is 2.45 bits per heavy atom. The zero-order valence-corrected chi connectivity index (χ0v) is 12.0. The van der Waals surface area contributed by atoms with Gasteiger partial charge in [-0.2, -0.15) is 5.26 Å². The Balaban J connectivity index is 1.90. The van der Waals surface area contributed by atoms with Gasteiger partial charge in [-0.15, -0.1) is 0 Å². The van der Waals surface area contributed by atoms with Gasteiger partial charge in [-0.3, -0.25) is 0 Å². The topological polar surface area (TPSA) is 45.9 Å². The van der Waals surface area contributed by atoms with Crippen LogP contribution >= 0.6 is 15.9 Å². The number of hydrogen-bond acceptors (Lipinski definition) is 3. The Kier molecular flexibility index (Phi) is 3.36. The van der Waals surface area contributed by atoms with Gasteiger partial charge in [-0.1, -0.05) is 28.1 Å². The van der Waals surface area contributed by atoms with Crippen molar-refractivity contribution in [3.8, 4) is 17.6 Å². The van der Waals surface area contributed by atoms with Gasteiger partial charge < -0.3 is 4.74 Å². The van der Waals surface area contributed by atoms with Gasteiger partial charge in [0.1, 0.15) is 23.3 Å². The van der Waals surface area contributed by atoms with E-state index in [4.69, 9.17) is 10.00 Å². The second-order valence-electron chi connectivity index (χ2n) is 4.25. The van der Waals surface area contributed by atoms with E-state index in [1.165, 1.54) is 0 Å². The van der Waals surface area contributed by atoms with E-state index in [9.17, 15) is 0 Å². The number of ether oxygens (including phenoxy) is 1. The fourth-order valence-corrected chi connectivity index (χ4v) is 2.28. The molecule has 20 heavy (non-hydrogen) atoms. The van der Waals surface area contributed by atoms with Crippen LogP contribution in [0.3, 0.4) is 0 Å². The first-order valence-electron chi connectivity index (χ1n) is 5.98. The summed E-state index contributed by atoms with van der Waals surface area (Å²) in [7, 11) is 0. The number of hydrogen-bond donors (Lipinski definition) is 0. The van der Waals surface area contributed by atoms with Crippen molar-refractivity contribution in [2.45, 2.75) is 0 Å². The zero-order valence-electron chi connectivity index (χ0n) is 10.4. The molecular weight excluding hydrogens is 316 g/mol. The van der Waals surface area contributed by atoms with Crippen molar-refractivity contribution in [2.75, 3.05) is 0 Å². The number of rotatable bonds is 2. The summed E-state index contributed by atoms with van der Waals surface area (Å²) in [6.45, 7) is 0. The quantitative estimate of drug-likeness (QED) is 0.688. The van der Waals surface area contributed by atoms with Gasteiger partial charge >= 0.3 is 0 Å². The van der Waals surface area contributed by atoms with Crippen molar-refractivity contribution in [1.29, 1.82) is 5.26 Å². The van der Waals surface area contributed by atoms with E-state index < -0.39 is 0 Å². The highest BCUT2D eigenvalue weighted by Crippen LogP contribution is 2.27. The van der Waals surface area contributed by atoms with Gasteiger partial charge in [0.2, 0.25) is 0 Å². The largest absolute Gasteiger partial charge is 0.456 e. The number of nitriles is 1. The van der Waals surface area contributed by atoms with Crippen LogP contribution in [0.25, 0.3) is 10.8 Å². The number of nitrogens with zero attached hydrogens (tertiary/aromatic N) is 2. The van der Waals surface area contributed by atoms with Crippen molar-refractivity contribution in [2.24, 2.45) is 0 Å². The van der Waals surface area contributed by atoms with Crippen molar-refractivity contribution in [1.82, 2.24) is 4.98 Å². The van der Waals surface area contributed by atoms with Gasteiger partial charge in [0.25, 0.3) is 0 Å². The maximum absolute atomic E-state index is 8.70. The lowest BCUT2D eigenvalue weighted by molar-refractivity contribution is 0.481. The molecule has 0 atom stereocenters. The third-order valence-electron chi connectivity index (χ3n) is 2.86. The molecule has 0 aliphatic heterocycles. The molecule has 1 aromatic heterocycles. The van der Waals surface area contributed by atoms with E-state index in [1.807, 2.05) is 36.4 Å². The summed E-state index contributed by atoms with van der Waals surface area (Å²) >= 11 is 3.45. The Morgan fingerprint density at radius 2 is 1.70 bits per heavy atom. The minimum absolute atomic E-state index is 0.376. The van der Waals surface area contributed by atoms with Crippen LogP contribution in [0.1, 0.15) is 5.69 Å². The van der Waals surface area contributed by atoms with Crippen LogP contribution in [0.5, 0.6) is 11.5 Å². The minimum atomic E-state index is 0.376. The van der Waals surface area contributed by atoms with Crippen molar-refractivity contribution < 1.29 is 4.74 Å². The van der Waals surface area contributed by atoms with E-state index >= 15 is 0 Å². The summed E-state index contributed by atoms with van der Waals surface area (Å²) in [4.78, 5) is 3.97. The van der Waals surface area contributed by atoms with Crippen LogP contribution < -0.4 is 4.74 Å². The Hall–Kier alpha value is -2.38. The van der Waals surface area contributed by atoms with Crippen LogP contribution in [-0.4, -0.2) is 4.98 Å². The molecular formula is C16H9BrN2O. The number of fused-ring (bicyclic) bond motifs is 1. The molecule has 3 rings (SSSR count). The zero-order chi connectivity index (χ0) is 13.9. The highest BCUT2D eigenvalue weighted by molar-refractivity contribution is 9.10. The predicted octanol–water partition coefficient (Wildman–Crippen LogP) is 4.66. The highest BCUT2D eigenvalue weighted by Gasteiger charge is 2.01. The minimum Gasteiger partial charge on any atom is -0.456 e. The third-order valence-corrected chi connectivity index (χ3v) is 3.35. The smallest absolute Gasteiger partial charge is 0.145 e. The average Bonchev–Trinajstić information content (AvgIpc) is 2.48. The van der Waals surface area contributed by atoms with E-state index in [1.54, 1.807) is 18.3 Å². The molecule has 0 saturated heterocycles. The van der Waals surface area contributed by atoms with E-state index in [-0.39, 0.29) is 0 Å². The average molecular weight is 325 g/mol. The molecule has 0 bridgehead atoms. The fraction of sp³-hybridized carbons (Fsp3) is 0. The maximum Gasteiger partial charge on any atom is 0.145 e. The van der Waals surface area contributed by atoms with Crippen molar-refractivity contribution in [3.05, 3.63) is 64.9 Å². The molecule has 0 aliphatic carbocycles. The van der Waals surface area contributed by atoms with E-state index in [0.717, 1.165) is 21.0 Å².